The molecule has 2 aromatic rings. The molecule has 1 N–H and O–H groups in total. The number of nitrogens with zero attached hydrogens (tertiary/aromatic N) is 2. The van der Waals surface area contributed by atoms with E-state index in [4.69, 9.17) is 23.2 Å². The molecular formula is C25H33Cl2N3O4S. The number of carbonyl (C=O) groups is 2. The van der Waals surface area contributed by atoms with E-state index in [1.54, 1.807) is 44.2 Å². The molecule has 0 fully saturated rings. The van der Waals surface area contributed by atoms with Gasteiger partial charge in [0.15, 0.2) is 0 Å². The normalized spacial score (nSPS) is 12.7. The van der Waals surface area contributed by atoms with E-state index in [0.717, 1.165) is 16.1 Å². The number of amides is 2. The Morgan fingerprint density at radius 1 is 1.06 bits per heavy atom. The highest BCUT2D eigenvalue weighted by Crippen LogP contribution is 2.27. The second-order valence-electron chi connectivity index (χ2n) is 9.39. The average molecular weight is 543 g/mol. The third kappa shape index (κ3) is 7.85. The van der Waals surface area contributed by atoms with Crippen molar-refractivity contribution in [2.24, 2.45) is 0 Å². The summed E-state index contributed by atoms with van der Waals surface area (Å²) in [5, 5.41) is 3.49. The fraction of sp³-hybridized carbons (Fsp3) is 0.440. The fourth-order valence-corrected chi connectivity index (χ4v) is 4.80. The van der Waals surface area contributed by atoms with Crippen molar-refractivity contribution in [3.63, 3.8) is 0 Å². The van der Waals surface area contributed by atoms with Gasteiger partial charge in [-0.05, 0) is 54.7 Å². The highest BCUT2D eigenvalue weighted by molar-refractivity contribution is 7.92. The van der Waals surface area contributed by atoms with Gasteiger partial charge in [0.2, 0.25) is 21.8 Å². The number of halogens is 2. The summed E-state index contributed by atoms with van der Waals surface area (Å²) in [5.74, 6) is -0.897. The maximum absolute atomic E-state index is 13.5. The average Bonchev–Trinajstić information content (AvgIpc) is 2.75. The second kappa shape index (κ2) is 11.6. The van der Waals surface area contributed by atoms with Crippen molar-refractivity contribution < 1.29 is 18.0 Å². The standard InChI is InChI=1S/C25H33Cl2N3O4S/c1-7-28-24(32)17(2)29(15-18-8-11-20(26)14-22(18)27)23(31)16-30(35(6,33)34)21-12-9-19(10-13-21)25(3,4)5/h8-14,17H,7,15-16H2,1-6H3,(H,28,32). The molecule has 7 nitrogen and oxygen atoms in total. The largest absolute Gasteiger partial charge is 0.355 e. The predicted octanol–water partition coefficient (Wildman–Crippen LogP) is 4.61. The van der Waals surface area contributed by atoms with Crippen LogP contribution in [-0.4, -0.2) is 50.5 Å². The summed E-state index contributed by atoms with van der Waals surface area (Å²) >= 11 is 12.3. The maximum Gasteiger partial charge on any atom is 0.244 e. The molecule has 0 aliphatic carbocycles. The fourth-order valence-electron chi connectivity index (χ4n) is 3.48. The first-order valence-electron chi connectivity index (χ1n) is 11.2. The molecular weight excluding hydrogens is 509 g/mol. The third-order valence-corrected chi connectivity index (χ3v) is 7.30. The van der Waals surface area contributed by atoms with Crippen LogP contribution in [0.25, 0.3) is 0 Å². The Morgan fingerprint density at radius 3 is 2.14 bits per heavy atom. The van der Waals surface area contributed by atoms with Crippen LogP contribution in [0.15, 0.2) is 42.5 Å². The SMILES string of the molecule is CCNC(=O)C(C)N(Cc1ccc(Cl)cc1Cl)C(=O)CN(c1ccc(C(C)(C)C)cc1)S(C)(=O)=O. The van der Waals surface area contributed by atoms with Gasteiger partial charge in [0, 0.05) is 23.1 Å². The zero-order valence-electron chi connectivity index (χ0n) is 20.9. The van der Waals surface area contributed by atoms with Gasteiger partial charge in [-0.25, -0.2) is 8.42 Å². The molecule has 0 spiro atoms. The van der Waals surface area contributed by atoms with E-state index in [1.807, 2.05) is 12.1 Å². The second-order valence-corrected chi connectivity index (χ2v) is 12.1. The van der Waals surface area contributed by atoms with Crippen LogP contribution in [0.1, 0.15) is 45.7 Å². The van der Waals surface area contributed by atoms with Crippen molar-refractivity contribution >= 4 is 50.7 Å². The Labute approximate surface area is 218 Å². The van der Waals surface area contributed by atoms with E-state index in [9.17, 15) is 18.0 Å². The van der Waals surface area contributed by atoms with Crippen molar-refractivity contribution in [1.29, 1.82) is 0 Å². The van der Waals surface area contributed by atoms with Crippen molar-refractivity contribution in [1.82, 2.24) is 10.2 Å². The molecule has 0 heterocycles. The quantitative estimate of drug-likeness (QED) is 0.502. The summed E-state index contributed by atoms with van der Waals surface area (Å²) in [6.45, 7) is 9.47. The monoisotopic (exact) mass is 541 g/mol. The van der Waals surface area contributed by atoms with E-state index in [2.05, 4.69) is 26.1 Å². The summed E-state index contributed by atoms with van der Waals surface area (Å²) in [7, 11) is -3.80. The number of carbonyl (C=O) groups excluding carboxylic acids is 2. The summed E-state index contributed by atoms with van der Waals surface area (Å²) in [6, 6.07) is 11.1. The molecule has 1 atom stereocenters. The summed E-state index contributed by atoms with van der Waals surface area (Å²) in [4.78, 5) is 27.4. The molecule has 2 amide bonds. The molecule has 2 rings (SSSR count). The minimum atomic E-state index is -3.80. The lowest BCUT2D eigenvalue weighted by molar-refractivity contribution is -0.139. The number of rotatable bonds is 9. The number of sulfonamides is 1. The summed E-state index contributed by atoms with van der Waals surface area (Å²) in [5.41, 5.74) is 1.87. The Bertz CT molecular complexity index is 1160. The van der Waals surface area contributed by atoms with E-state index in [0.29, 0.717) is 27.8 Å². The molecule has 1 unspecified atom stereocenters. The van der Waals surface area contributed by atoms with Gasteiger partial charge in [0.1, 0.15) is 12.6 Å². The van der Waals surface area contributed by atoms with Crippen LogP contribution in [0.3, 0.4) is 0 Å². The molecule has 10 heteroatoms. The van der Waals surface area contributed by atoms with Crippen LogP contribution in [0.5, 0.6) is 0 Å². The molecule has 2 aromatic carbocycles. The number of benzene rings is 2. The van der Waals surface area contributed by atoms with E-state index in [1.165, 1.54) is 4.90 Å². The molecule has 0 radical (unpaired) electrons. The Balaban J connectivity index is 2.42. The topological polar surface area (TPSA) is 86.8 Å². The van der Waals surface area contributed by atoms with Crippen molar-refractivity contribution in [3.8, 4) is 0 Å². The minimum Gasteiger partial charge on any atom is -0.355 e. The lowest BCUT2D eigenvalue weighted by atomic mass is 9.87. The lowest BCUT2D eigenvalue weighted by Crippen LogP contribution is -2.51. The maximum atomic E-state index is 13.5. The first kappa shape index (κ1) is 28.9. The molecule has 0 bridgehead atoms. The van der Waals surface area contributed by atoms with Gasteiger partial charge in [-0.1, -0.05) is 62.2 Å². The van der Waals surface area contributed by atoms with Gasteiger partial charge in [-0.3, -0.25) is 13.9 Å². The van der Waals surface area contributed by atoms with Gasteiger partial charge in [0.25, 0.3) is 0 Å². The summed E-state index contributed by atoms with van der Waals surface area (Å²) in [6.07, 6.45) is 1.05. The molecule has 0 saturated heterocycles. The Kier molecular flexibility index (Phi) is 9.62. The van der Waals surface area contributed by atoms with Crippen LogP contribution in [-0.2, 0) is 31.6 Å². The van der Waals surface area contributed by atoms with Crippen LogP contribution < -0.4 is 9.62 Å². The van der Waals surface area contributed by atoms with Crippen molar-refractivity contribution in [3.05, 3.63) is 63.6 Å². The molecule has 192 valence electrons. The number of likely N-dealkylation sites (N-methyl/N-ethyl adjacent to an activating group) is 1. The molecule has 0 aromatic heterocycles. The zero-order valence-corrected chi connectivity index (χ0v) is 23.3. The van der Waals surface area contributed by atoms with Gasteiger partial charge in [0.05, 0.1) is 11.9 Å². The van der Waals surface area contributed by atoms with E-state index >= 15 is 0 Å². The minimum absolute atomic E-state index is 0.00764. The van der Waals surface area contributed by atoms with E-state index < -0.39 is 28.5 Å². The highest BCUT2D eigenvalue weighted by atomic mass is 35.5. The summed E-state index contributed by atoms with van der Waals surface area (Å²) < 4.78 is 26.4. The third-order valence-electron chi connectivity index (χ3n) is 5.57. The number of anilines is 1. The van der Waals surface area contributed by atoms with Crippen LogP contribution in [0.4, 0.5) is 5.69 Å². The van der Waals surface area contributed by atoms with Gasteiger partial charge in [-0.15, -0.1) is 0 Å². The Hall–Kier alpha value is -2.29. The van der Waals surface area contributed by atoms with Crippen LogP contribution in [0, 0.1) is 0 Å². The van der Waals surface area contributed by atoms with Crippen LogP contribution in [0.2, 0.25) is 10.0 Å². The molecule has 0 aliphatic rings. The van der Waals surface area contributed by atoms with Crippen molar-refractivity contribution in [2.45, 2.75) is 52.6 Å². The Morgan fingerprint density at radius 2 is 1.66 bits per heavy atom. The highest BCUT2D eigenvalue weighted by Gasteiger charge is 2.30. The van der Waals surface area contributed by atoms with Gasteiger partial charge in [-0.2, -0.15) is 0 Å². The van der Waals surface area contributed by atoms with Crippen LogP contribution >= 0.6 is 23.2 Å². The number of hydrogen-bond acceptors (Lipinski definition) is 4. The number of hydrogen-bond donors (Lipinski definition) is 1. The van der Waals surface area contributed by atoms with Gasteiger partial charge >= 0.3 is 0 Å². The van der Waals surface area contributed by atoms with Crippen molar-refractivity contribution in [2.75, 3.05) is 23.7 Å². The zero-order chi connectivity index (χ0) is 26.6. The molecule has 35 heavy (non-hydrogen) atoms. The molecule has 0 saturated carbocycles. The first-order chi connectivity index (χ1) is 16.1. The smallest absolute Gasteiger partial charge is 0.244 e. The molecule has 0 aliphatic heterocycles. The van der Waals surface area contributed by atoms with E-state index in [-0.39, 0.29) is 17.9 Å². The number of nitrogens with one attached hydrogen (secondary N) is 1. The van der Waals surface area contributed by atoms with Gasteiger partial charge < -0.3 is 10.2 Å². The predicted molar refractivity (Wildman–Crippen MR) is 142 cm³/mol. The lowest BCUT2D eigenvalue weighted by Gasteiger charge is -2.31. The first-order valence-corrected chi connectivity index (χ1v) is 13.8.